The van der Waals surface area contributed by atoms with Gasteiger partial charge in [-0.15, -0.1) is 0 Å². The van der Waals surface area contributed by atoms with Crippen LogP contribution in [0.3, 0.4) is 0 Å². The van der Waals surface area contributed by atoms with Gasteiger partial charge in [-0.3, -0.25) is 9.10 Å². The van der Waals surface area contributed by atoms with Gasteiger partial charge in [0, 0.05) is 24.7 Å². The number of benzene rings is 2. The van der Waals surface area contributed by atoms with Crippen molar-refractivity contribution in [3.63, 3.8) is 0 Å². The van der Waals surface area contributed by atoms with E-state index in [4.69, 9.17) is 4.74 Å². The molecule has 0 radical (unpaired) electrons. The van der Waals surface area contributed by atoms with Crippen LogP contribution in [0.5, 0.6) is 5.75 Å². The van der Waals surface area contributed by atoms with Gasteiger partial charge in [-0.25, -0.2) is 17.2 Å². The molecule has 0 saturated heterocycles. The van der Waals surface area contributed by atoms with Crippen LogP contribution >= 0.6 is 0 Å². The second-order valence-electron chi connectivity index (χ2n) is 6.32. The summed E-state index contributed by atoms with van der Waals surface area (Å²) in [6, 6.07) is 8.02. The van der Waals surface area contributed by atoms with Crippen LogP contribution in [0, 0.1) is 18.6 Å². The third-order valence-corrected chi connectivity index (χ3v) is 5.31. The number of nitrogens with one attached hydrogen (secondary N) is 1. The lowest BCUT2D eigenvalue weighted by Gasteiger charge is -2.21. The van der Waals surface area contributed by atoms with Crippen molar-refractivity contribution >= 4 is 27.3 Å². The molecule has 1 amide bonds. The summed E-state index contributed by atoms with van der Waals surface area (Å²) in [5, 5.41) is 2.46. The van der Waals surface area contributed by atoms with Crippen molar-refractivity contribution in [2.24, 2.45) is 0 Å². The van der Waals surface area contributed by atoms with Gasteiger partial charge in [0.15, 0.2) is 17.7 Å². The number of ether oxygens (including phenoxy) is 1. The Morgan fingerprint density at radius 3 is 2.59 bits per heavy atom. The van der Waals surface area contributed by atoms with Crippen molar-refractivity contribution in [2.45, 2.75) is 19.4 Å². The second kappa shape index (κ2) is 7.15. The Hall–Kier alpha value is -2.68. The number of hydrogen-bond acceptors (Lipinski definition) is 4. The number of amides is 1. The topological polar surface area (TPSA) is 75.7 Å². The first-order valence-electron chi connectivity index (χ1n) is 8.16. The molecular formula is C18H18F2N2O4S. The normalized spacial score (nSPS) is 16.9. The molecular weight excluding hydrogens is 378 g/mol. The minimum atomic E-state index is -3.57. The predicted molar refractivity (Wildman–Crippen MR) is 97.4 cm³/mol. The number of carbonyl (C=O) groups excluding carboxylic acids is 1. The number of hydrogen-bond donors (Lipinski definition) is 1. The molecule has 27 heavy (non-hydrogen) atoms. The first-order chi connectivity index (χ1) is 12.6. The number of aryl methyl sites for hydroxylation is 1. The number of rotatable bonds is 3. The summed E-state index contributed by atoms with van der Waals surface area (Å²) in [7, 11) is -3.57. The fraction of sp³-hybridized carbons (Fsp3) is 0.278. The zero-order chi connectivity index (χ0) is 19.8. The zero-order valence-electron chi connectivity index (χ0n) is 14.7. The van der Waals surface area contributed by atoms with Gasteiger partial charge in [0.2, 0.25) is 10.0 Å². The molecule has 0 bridgehead atoms. The molecule has 0 unspecified atom stereocenters. The highest BCUT2D eigenvalue weighted by Gasteiger charge is 2.31. The quantitative estimate of drug-likeness (QED) is 0.866. The largest absolute Gasteiger partial charge is 0.478 e. The van der Waals surface area contributed by atoms with Gasteiger partial charge in [0.25, 0.3) is 5.91 Å². The summed E-state index contributed by atoms with van der Waals surface area (Å²) in [4.78, 5) is 12.5. The maximum absolute atomic E-state index is 13.3. The maximum Gasteiger partial charge on any atom is 0.265 e. The van der Waals surface area contributed by atoms with E-state index in [1.165, 1.54) is 10.4 Å². The molecule has 1 atom stereocenters. The number of fused-ring (bicyclic) bond motifs is 1. The van der Waals surface area contributed by atoms with Crippen LogP contribution in [0.25, 0.3) is 0 Å². The van der Waals surface area contributed by atoms with Crippen LogP contribution < -0.4 is 14.4 Å². The Morgan fingerprint density at radius 1 is 1.19 bits per heavy atom. The van der Waals surface area contributed by atoms with Gasteiger partial charge in [0.1, 0.15) is 5.75 Å². The maximum atomic E-state index is 13.3. The molecule has 3 rings (SSSR count). The van der Waals surface area contributed by atoms with E-state index in [-0.39, 0.29) is 24.4 Å². The molecule has 9 heteroatoms. The fourth-order valence-electron chi connectivity index (χ4n) is 2.81. The summed E-state index contributed by atoms with van der Waals surface area (Å²) in [5.74, 6) is -2.43. The second-order valence-corrected chi connectivity index (χ2v) is 8.23. The van der Waals surface area contributed by atoms with Crippen molar-refractivity contribution in [3.05, 3.63) is 53.6 Å². The van der Waals surface area contributed by atoms with Crippen LogP contribution in [0.1, 0.15) is 12.0 Å². The summed E-state index contributed by atoms with van der Waals surface area (Å²) >= 11 is 0. The molecule has 1 aliphatic rings. The molecule has 1 N–H and O–H groups in total. The first kappa shape index (κ1) is 19.1. The minimum absolute atomic E-state index is 0.0468. The van der Waals surface area contributed by atoms with Crippen LogP contribution in [-0.4, -0.2) is 33.2 Å². The van der Waals surface area contributed by atoms with E-state index in [1.807, 2.05) is 6.92 Å². The summed E-state index contributed by atoms with van der Waals surface area (Å²) in [6.45, 7) is 1.87. The Kier molecular flexibility index (Phi) is 5.05. The van der Waals surface area contributed by atoms with Crippen molar-refractivity contribution in [2.75, 3.05) is 22.4 Å². The van der Waals surface area contributed by atoms with E-state index in [0.717, 1.165) is 24.0 Å². The van der Waals surface area contributed by atoms with Gasteiger partial charge < -0.3 is 10.1 Å². The first-order valence-corrected chi connectivity index (χ1v) is 10.0. The molecule has 2 aromatic carbocycles. The van der Waals surface area contributed by atoms with Crippen LogP contribution in [0.4, 0.5) is 20.2 Å². The molecule has 0 aliphatic carbocycles. The van der Waals surface area contributed by atoms with Crippen LogP contribution in [0.15, 0.2) is 36.4 Å². The predicted octanol–water partition coefficient (Wildman–Crippen LogP) is 2.83. The Balaban J connectivity index is 1.87. The van der Waals surface area contributed by atoms with Gasteiger partial charge >= 0.3 is 0 Å². The summed E-state index contributed by atoms with van der Waals surface area (Å²) in [5.41, 5.74) is 1.28. The van der Waals surface area contributed by atoms with E-state index in [9.17, 15) is 22.0 Å². The molecule has 6 nitrogen and oxygen atoms in total. The smallest absolute Gasteiger partial charge is 0.265 e. The number of nitrogens with zero attached hydrogens (tertiary/aromatic N) is 1. The zero-order valence-corrected chi connectivity index (χ0v) is 15.5. The summed E-state index contributed by atoms with van der Waals surface area (Å²) in [6.07, 6.45) is 0.184. The average molecular weight is 396 g/mol. The van der Waals surface area contributed by atoms with E-state index < -0.39 is 33.7 Å². The van der Waals surface area contributed by atoms with E-state index in [2.05, 4.69) is 5.32 Å². The fourth-order valence-corrected chi connectivity index (χ4v) is 3.75. The minimum Gasteiger partial charge on any atom is -0.478 e. The molecule has 144 valence electrons. The van der Waals surface area contributed by atoms with Gasteiger partial charge in [-0.1, -0.05) is 6.07 Å². The highest BCUT2D eigenvalue weighted by atomic mass is 32.2. The third kappa shape index (κ3) is 4.19. The molecule has 2 aromatic rings. The Bertz CT molecular complexity index is 995. The third-order valence-electron chi connectivity index (χ3n) is 4.13. The standard InChI is InChI=1S/C18H18F2N2O4S/c1-11-3-6-16-15(9-11)22(27(2,24)25)8-7-17(26-16)18(23)21-12-4-5-13(19)14(20)10-12/h3-6,9-10,17H,7-8H2,1-2H3,(H,21,23)/t17-/m1/s1. The Labute approximate surface area is 155 Å². The van der Waals surface area contributed by atoms with Crippen molar-refractivity contribution in [1.29, 1.82) is 0 Å². The van der Waals surface area contributed by atoms with Crippen molar-refractivity contribution in [1.82, 2.24) is 0 Å². The van der Waals surface area contributed by atoms with Crippen LogP contribution in [-0.2, 0) is 14.8 Å². The van der Waals surface area contributed by atoms with Gasteiger partial charge in [-0.2, -0.15) is 0 Å². The van der Waals surface area contributed by atoms with E-state index in [0.29, 0.717) is 5.69 Å². The van der Waals surface area contributed by atoms with Crippen molar-refractivity contribution in [3.8, 4) is 5.75 Å². The van der Waals surface area contributed by atoms with E-state index >= 15 is 0 Å². The lowest BCUT2D eigenvalue weighted by Crippen LogP contribution is -2.36. The highest BCUT2D eigenvalue weighted by molar-refractivity contribution is 7.92. The number of sulfonamides is 1. The van der Waals surface area contributed by atoms with Gasteiger partial charge in [0.05, 0.1) is 11.9 Å². The number of carbonyl (C=O) groups is 1. The van der Waals surface area contributed by atoms with Crippen molar-refractivity contribution < 1.29 is 26.7 Å². The molecule has 0 saturated carbocycles. The number of halogens is 2. The average Bonchev–Trinajstić information content (AvgIpc) is 2.77. The number of anilines is 2. The highest BCUT2D eigenvalue weighted by Crippen LogP contribution is 2.35. The lowest BCUT2D eigenvalue weighted by atomic mass is 10.2. The summed E-state index contributed by atoms with van der Waals surface area (Å²) < 4.78 is 57.6. The molecule has 0 aromatic heterocycles. The lowest BCUT2D eigenvalue weighted by molar-refractivity contribution is -0.122. The molecule has 1 aliphatic heterocycles. The van der Waals surface area contributed by atoms with Crippen LogP contribution in [0.2, 0.25) is 0 Å². The SMILES string of the molecule is Cc1ccc2c(c1)N(S(C)(=O)=O)CC[C@H](C(=O)Nc1ccc(F)c(F)c1)O2. The monoisotopic (exact) mass is 396 g/mol. The molecule has 1 heterocycles. The Morgan fingerprint density at radius 2 is 1.93 bits per heavy atom. The van der Waals surface area contributed by atoms with Gasteiger partial charge in [-0.05, 0) is 36.8 Å². The van der Waals surface area contributed by atoms with E-state index in [1.54, 1.807) is 18.2 Å². The molecule has 0 spiro atoms. The molecule has 0 fully saturated rings.